The Kier molecular flexibility index (Phi) is 2.83. The number of halogens is 2. The number of benzene rings is 1. The monoisotopic (exact) mass is 227 g/mol. The third-order valence-electron chi connectivity index (χ3n) is 1.61. The van der Waals surface area contributed by atoms with Crippen LogP contribution in [0.5, 0.6) is 0 Å². The molecule has 1 aromatic carbocycles. The van der Waals surface area contributed by atoms with Crippen molar-refractivity contribution in [3.63, 3.8) is 0 Å². The van der Waals surface area contributed by atoms with Crippen LogP contribution in [0.1, 0.15) is 18.1 Å². The Balaban J connectivity index is 3.31. The molecule has 12 heavy (non-hydrogen) atoms. The standard InChI is InChI=1S/C9H7BrFN/c1-2-7-3-6(5-12)4-8(10)9(7)11/h3-4H,2H2,1H3. The Bertz CT molecular complexity index is 341. The van der Waals surface area contributed by atoms with Gasteiger partial charge in [-0.1, -0.05) is 6.92 Å². The maximum Gasteiger partial charge on any atom is 0.140 e. The zero-order valence-electron chi connectivity index (χ0n) is 6.56. The van der Waals surface area contributed by atoms with Crippen molar-refractivity contribution in [3.8, 4) is 6.07 Å². The molecule has 62 valence electrons. The average molecular weight is 228 g/mol. The molecule has 0 bridgehead atoms. The van der Waals surface area contributed by atoms with E-state index in [4.69, 9.17) is 5.26 Å². The fraction of sp³-hybridized carbons (Fsp3) is 0.222. The summed E-state index contributed by atoms with van der Waals surface area (Å²) in [6, 6.07) is 5.02. The Morgan fingerprint density at radius 1 is 1.58 bits per heavy atom. The van der Waals surface area contributed by atoms with Crippen LogP contribution in [0, 0.1) is 17.1 Å². The lowest BCUT2D eigenvalue weighted by molar-refractivity contribution is 0.605. The summed E-state index contributed by atoms with van der Waals surface area (Å²) in [4.78, 5) is 0. The number of rotatable bonds is 1. The molecule has 0 aliphatic rings. The minimum atomic E-state index is -0.267. The third kappa shape index (κ3) is 1.64. The van der Waals surface area contributed by atoms with Crippen LogP contribution in [0.25, 0.3) is 0 Å². The SMILES string of the molecule is CCc1cc(C#N)cc(Br)c1F. The highest BCUT2D eigenvalue weighted by Gasteiger charge is 2.06. The summed E-state index contributed by atoms with van der Waals surface area (Å²) in [6.45, 7) is 1.85. The van der Waals surface area contributed by atoms with Gasteiger partial charge in [0, 0.05) is 0 Å². The summed E-state index contributed by atoms with van der Waals surface area (Å²) >= 11 is 3.05. The van der Waals surface area contributed by atoms with Crippen LogP contribution in [0.15, 0.2) is 16.6 Å². The molecular weight excluding hydrogens is 221 g/mol. The van der Waals surface area contributed by atoms with Crippen molar-refractivity contribution in [3.05, 3.63) is 33.5 Å². The van der Waals surface area contributed by atoms with E-state index in [-0.39, 0.29) is 5.82 Å². The molecule has 0 amide bonds. The van der Waals surface area contributed by atoms with Crippen molar-refractivity contribution in [1.82, 2.24) is 0 Å². The summed E-state index contributed by atoms with van der Waals surface area (Å²) in [7, 11) is 0. The van der Waals surface area contributed by atoms with E-state index in [1.165, 1.54) is 6.07 Å². The lowest BCUT2D eigenvalue weighted by atomic mass is 10.1. The second kappa shape index (κ2) is 3.68. The predicted molar refractivity (Wildman–Crippen MR) is 48.2 cm³/mol. The molecule has 0 atom stereocenters. The van der Waals surface area contributed by atoms with Crippen LogP contribution in [0.3, 0.4) is 0 Å². The van der Waals surface area contributed by atoms with Gasteiger partial charge in [0.15, 0.2) is 0 Å². The second-order valence-corrected chi connectivity index (χ2v) is 3.25. The Morgan fingerprint density at radius 3 is 2.75 bits per heavy atom. The van der Waals surface area contributed by atoms with Crippen LogP contribution < -0.4 is 0 Å². The van der Waals surface area contributed by atoms with Crippen molar-refractivity contribution in [2.75, 3.05) is 0 Å². The number of aryl methyl sites for hydroxylation is 1. The van der Waals surface area contributed by atoms with E-state index in [9.17, 15) is 4.39 Å². The molecule has 0 heterocycles. The van der Waals surface area contributed by atoms with Gasteiger partial charge in [-0.15, -0.1) is 0 Å². The molecule has 0 spiro atoms. The molecule has 0 unspecified atom stereocenters. The van der Waals surface area contributed by atoms with Crippen LogP contribution >= 0.6 is 15.9 Å². The summed E-state index contributed by atoms with van der Waals surface area (Å²) < 4.78 is 13.5. The Morgan fingerprint density at radius 2 is 2.25 bits per heavy atom. The molecular formula is C9H7BrFN. The van der Waals surface area contributed by atoms with E-state index in [0.29, 0.717) is 22.0 Å². The first-order valence-corrected chi connectivity index (χ1v) is 4.36. The Labute approximate surface area is 79.0 Å². The third-order valence-corrected chi connectivity index (χ3v) is 2.19. The minimum absolute atomic E-state index is 0.267. The van der Waals surface area contributed by atoms with Gasteiger partial charge in [-0.3, -0.25) is 0 Å². The van der Waals surface area contributed by atoms with Gasteiger partial charge in [0.05, 0.1) is 16.1 Å². The van der Waals surface area contributed by atoms with Gasteiger partial charge in [-0.05, 0) is 40.0 Å². The second-order valence-electron chi connectivity index (χ2n) is 2.40. The van der Waals surface area contributed by atoms with Crippen molar-refractivity contribution in [2.45, 2.75) is 13.3 Å². The fourth-order valence-electron chi connectivity index (χ4n) is 0.968. The number of hydrogen-bond acceptors (Lipinski definition) is 1. The number of nitriles is 1. The Hall–Kier alpha value is -0.880. The van der Waals surface area contributed by atoms with Crippen LogP contribution in [-0.2, 0) is 6.42 Å². The fourth-order valence-corrected chi connectivity index (χ4v) is 1.47. The van der Waals surface area contributed by atoms with Crippen LogP contribution in [-0.4, -0.2) is 0 Å². The van der Waals surface area contributed by atoms with Gasteiger partial charge >= 0.3 is 0 Å². The van der Waals surface area contributed by atoms with Crippen molar-refractivity contribution in [2.24, 2.45) is 0 Å². The molecule has 0 N–H and O–H groups in total. The molecule has 1 aromatic rings. The van der Waals surface area contributed by atoms with Gasteiger partial charge in [-0.2, -0.15) is 5.26 Å². The summed E-state index contributed by atoms with van der Waals surface area (Å²) in [6.07, 6.45) is 0.597. The van der Waals surface area contributed by atoms with E-state index >= 15 is 0 Å². The maximum absolute atomic E-state index is 13.2. The quantitative estimate of drug-likeness (QED) is 0.724. The van der Waals surface area contributed by atoms with Gasteiger partial charge in [0.25, 0.3) is 0 Å². The first kappa shape index (κ1) is 9.21. The zero-order chi connectivity index (χ0) is 9.14. The summed E-state index contributed by atoms with van der Waals surface area (Å²) in [5, 5.41) is 8.58. The molecule has 3 heteroatoms. The van der Waals surface area contributed by atoms with Crippen molar-refractivity contribution >= 4 is 15.9 Å². The molecule has 1 rings (SSSR count). The lowest BCUT2D eigenvalue weighted by Crippen LogP contribution is -1.90. The highest BCUT2D eigenvalue weighted by molar-refractivity contribution is 9.10. The molecule has 0 aliphatic heterocycles. The molecule has 0 saturated carbocycles. The molecule has 1 nitrogen and oxygen atoms in total. The highest BCUT2D eigenvalue weighted by atomic mass is 79.9. The minimum Gasteiger partial charge on any atom is -0.205 e. The first-order valence-electron chi connectivity index (χ1n) is 3.57. The summed E-state index contributed by atoms with van der Waals surface area (Å²) in [5.41, 5.74) is 1.06. The van der Waals surface area contributed by atoms with E-state index in [0.717, 1.165) is 0 Å². The van der Waals surface area contributed by atoms with Gasteiger partial charge in [0.2, 0.25) is 0 Å². The lowest BCUT2D eigenvalue weighted by Gasteiger charge is -2.01. The first-order chi connectivity index (χ1) is 5.69. The van der Waals surface area contributed by atoms with E-state index in [1.807, 2.05) is 13.0 Å². The number of hydrogen-bond donors (Lipinski definition) is 0. The zero-order valence-corrected chi connectivity index (χ0v) is 8.15. The van der Waals surface area contributed by atoms with Crippen molar-refractivity contribution in [1.29, 1.82) is 5.26 Å². The van der Waals surface area contributed by atoms with Crippen molar-refractivity contribution < 1.29 is 4.39 Å². The topological polar surface area (TPSA) is 23.8 Å². The smallest absolute Gasteiger partial charge is 0.140 e. The maximum atomic E-state index is 13.2. The molecule has 0 radical (unpaired) electrons. The van der Waals surface area contributed by atoms with E-state index in [2.05, 4.69) is 15.9 Å². The molecule has 0 aliphatic carbocycles. The van der Waals surface area contributed by atoms with E-state index in [1.54, 1.807) is 6.07 Å². The van der Waals surface area contributed by atoms with Gasteiger partial charge < -0.3 is 0 Å². The summed E-state index contributed by atoms with van der Waals surface area (Å²) in [5.74, 6) is -0.267. The largest absolute Gasteiger partial charge is 0.205 e. The van der Waals surface area contributed by atoms with Gasteiger partial charge in [0.1, 0.15) is 5.82 Å². The van der Waals surface area contributed by atoms with Crippen LogP contribution in [0.2, 0.25) is 0 Å². The van der Waals surface area contributed by atoms with Crippen LogP contribution in [0.4, 0.5) is 4.39 Å². The van der Waals surface area contributed by atoms with Gasteiger partial charge in [-0.25, -0.2) is 4.39 Å². The highest BCUT2D eigenvalue weighted by Crippen LogP contribution is 2.21. The average Bonchev–Trinajstić information content (AvgIpc) is 2.09. The normalized spacial score (nSPS) is 9.50. The number of nitrogens with zero attached hydrogens (tertiary/aromatic N) is 1. The molecule has 0 aromatic heterocycles. The van der Waals surface area contributed by atoms with E-state index < -0.39 is 0 Å². The molecule has 0 fully saturated rings. The molecule has 0 saturated heterocycles. The predicted octanol–water partition coefficient (Wildman–Crippen LogP) is 3.02.